The molecule has 22 nitrogen and oxygen atoms in total. The molecular weight excluding hydrogens is 1110 g/mol. The van der Waals surface area contributed by atoms with Gasteiger partial charge in [0.05, 0.1) is 45.2 Å². The highest BCUT2D eigenvalue weighted by molar-refractivity contribution is 7.93. The number of amides is 6. The molecule has 6 fully saturated rings. The van der Waals surface area contributed by atoms with Crippen LogP contribution >= 0.6 is 0 Å². The van der Waals surface area contributed by atoms with Crippen LogP contribution < -0.4 is 21.3 Å². The molecular formula is C59H96N6O16S2. The maximum absolute atomic E-state index is 14.3. The van der Waals surface area contributed by atoms with Gasteiger partial charge in [0.25, 0.3) is 0 Å². The van der Waals surface area contributed by atoms with Crippen LogP contribution in [0.15, 0.2) is 30.3 Å². The van der Waals surface area contributed by atoms with Gasteiger partial charge in [-0.3, -0.25) is 9.59 Å². The lowest BCUT2D eigenvalue weighted by molar-refractivity contribution is -0.178. The van der Waals surface area contributed by atoms with Crippen molar-refractivity contribution in [2.45, 2.75) is 262 Å². The summed E-state index contributed by atoms with van der Waals surface area (Å²) in [5.41, 5.74) is -2.61. The predicted octanol–water partition coefficient (Wildman–Crippen LogP) is 6.52. The fraction of sp³-hybridized carbons (Fsp3) is 0.797. The Kier molecular flexibility index (Phi) is 20.0. The molecule has 0 spiro atoms. The van der Waals surface area contributed by atoms with Gasteiger partial charge in [-0.1, -0.05) is 110 Å². The van der Waals surface area contributed by atoms with Gasteiger partial charge >= 0.3 is 24.0 Å². The van der Waals surface area contributed by atoms with Crippen LogP contribution in [0.2, 0.25) is 0 Å². The highest BCUT2D eigenvalue weighted by Crippen LogP contribution is 2.41. The van der Waals surface area contributed by atoms with Gasteiger partial charge in [-0.05, 0) is 111 Å². The summed E-state index contributed by atoms with van der Waals surface area (Å²) in [4.78, 5) is 83.5. The zero-order chi connectivity index (χ0) is 62.3. The molecule has 1 aromatic rings. The SMILES string of the molecule is CC1(C)O[C@H]2[C@H](CN(C(=O)[C@@H](NC(=O)NC3(CS(=O)(=O)C(C)(C)C)CCCCC3)C(C)(C)C)[C@@H]2C(=O)O)O1.CC1(C)O[C@H]2[C@H](CN(C(=O)[C@@H](NC(=O)NC3(CS(=O)(=O)C(C)(C)C)CCCCC3)C(C)(C)C)[C@@H]2C(=O)OCc2ccccc2)O1. The number of carbonyl (C=O) groups is 6. The molecule has 2 saturated carbocycles. The summed E-state index contributed by atoms with van der Waals surface area (Å²) in [6.07, 6.45) is 4.45. The van der Waals surface area contributed by atoms with Crippen molar-refractivity contribution in [2.75, 3.05) is 24.6 Å². The number of nitrogens with zero attached hydrogens (tertiary/aromatic N) is 2. The van der Waals surface area contributed by atoms with Crippen LogP contribution in [0.25, 0.3) is 0 Å². The molecule has 4 aliphatic heterocycles. The number of rotatable bonds is 14. The van der Waals surface area contributed by atoms with E-state index in [0.29, 0.717) is 25.7 Å². The number of ether oxygens (including phenoxy) is 5. The first-order valence-corrected chi connectivity index (χ1v) is 32.6. The Bertz CT molecular complexity index is 2750. The van der Waals surface area contributed by atoms with E-state index in [2.05, 4.69) is 21.3 Å². The molecule has 1 aromatic carbocycles. The van der Waals surface area contributed by atoms with Crippen LogP contribution in [0.5, 0.6) is 0 Å². The van der Waals surface area contributed by atoms with Gasteiger partial charge in [0.1, 0.15) is 43.1 Å². The molecule has 0 unspecified atom stereocenters. The van der Waals surface area contributed by atoms with E-state index in [0.717, 1.165) is 44.1 Å². The first-order valence-electron chi connectivity index (χ1n) is 29.3. The van der Waals surface area contributed by atoms with Crippen LogP contribution in [0, 0.1) is 10.8 Å². The smallest absolute Gasteiger partial charge is 0.332 e. The van der Waals surface area contributed by atoms with Crippen LogP contribution in [0.3, 0.4) is 0 Å². The van der Waals surface area contributed by atoms with Gasteiger partial charge in [-0.15, -0.1) is 0 Å². The molecule has 470 valence electrons. The minimum absolute atomic E-state index is 0.0214. The van der Waals surface area contributed by atoms with Crippen LogP contribution in [-0.2, 0) is 69.1 Å². The number of benzene rings is 1. The molecule has 0 aromatic heterocycles. The molecule has 2 aliphatic carbocycles. The maximum atomic E-state index is 14.3. The van der Waals surface area contributed by atoms with Gasteiger partial charge in [-0.25, -0.2) is 36.0 Å². The van der Waals surface area contributed by atoms with Gasteiger partial charge in [0.15, 0.2) is 43.3 Å². The molecule has 0 radical (unpaired) electrons. The zero-order valence-electron chi connectivity index (χ0n) is 51.9. The number of urea groups is 2. The summed E-state index contributed by atoms with van der Waals surface area (Å²) < 4.78 is 80.2. The van der Waals surface area contributed by atoms with Crippen LogP contribution in [0.1, 0.15) is 181 Å². The summed E-state index contributed by atoms with van der Waals surface area (Å²) in [5, 5.41) is 21.5. The minimum Gasteiger partial charge on any atom is -0.480 e. The Morgan fingerprint density at radius 1 is 0.578 bits per heavy atom. The van der Waals surface area contributed by atoms with E-state index >= 15 is 0 Å². The van der Waals surface area contributed by atoms with Crippen LogP contribution in [0.4, 0.5) is 9.59 Å². The average Bonchev–Trinajstić information content (AvgIpc) is 3.43. The van der Waals surface area contributed by atoms with E-state index in [-0.39, 0.29) is 31.2 Å². The van der Waals surface area contributed by atoms with E-state index in [4.69, 9.17) is 23.7 Å². The van der Waals surface area contributed by atoms with E-state index in [1.807, 2.05) is 51.1 Å². The summed E-state index contributed by atoms with van der Waals surface area (Å²) >= 11 is 0. The molecule has 4 heterocycles. The quantitative estimate of drug-likeness (QED) is 0.124. The molecule has 4 saturated heterocycles. The normalized spacial score (nSPS) is 26.5. The maximum Gasteiger partial charge on any atom is 0.332 e. The van der Waals surface area contributed by atoms with Gasteiger partial charge in [-0.2, -0.15) is 0 Å². The van der Waals surface area contributed by atoms with Crippen molar-refractivity contribution in [2.24, 2.45) is 10.8 Å². The highest BCUT2D eigenvalue weighted by Gasteiger charge is 2.60. The number of esters is 1. The summed E-state index contributed by atoms with van der Waals surface area (Å²) in [7, 11) is -7.08. The third kappa shape index (κ3) is 16.3. The molecule has 7 rings (SSSR count). The van der Waals surface area contributed by atoms with E-state index in [1.165, 1.54) is 9.80 Å². The molecule has 83 heavy (non-hydrogen) atoms. The van der Waals surface area contributed by atoms with E-state index < -0.39 is 147 Å². The molecule has 5 N–H and O–H groups in total. The van der Waals surface area contributed by atoms with Crippen LogP contribution in [-0.4, -0.2) is 173 Å². The molecule has 0 bridgehead atoms. The Hall–Kier alpha value is -4.62. The van der Waals surface area contributed by atoms with Crippen molar-refractivity contribution < 1.29 is 74.4 Å². The van der Waals surface area contributed by atoms with Gasteiger partial charge < -0.3 is 59.9 Å². The zero-order valence-corrected chi connectivity index (χ0v) is 53.5. The van der Waals surface area contributed by atoms with Crippen molar-refractivity contribution in [3.63, 3.8) is 0 Å². The Labute approximate surface area is 492 Å². The van der Waals surface area contributed by atoms with Gasteiger partial charge in [0.2, 0.25) is 11.8 Å². The number of likely N-dealkylation sites (tertiary alicyclic amines) is 2. The Morgan fingerprint density at radius 3 is 1.29 bits per heavy atom. The molecule has 6 aliphatic rings. The lowest BCUT2D eigenvalue weighted by atomic mass is 9.83. The molecule has 8 atom stereocenters. The van der Waals surface area contributed by atoms with Crippen molar-refractivity contribution >= 4 is 55.5 Å². The Morgan fingerprint density at radius 2 is 0.940 bits per heavy atom. The summed E-state index contributed by atoms with van der Waals surface area (Å²) in [5.74, 6) is -5.12. The number of fused-ring (bicyclic) bond motifs is 2. The second-order valence-electron chi connectivity index (χ2n) is 28.8. The number of hydrogen-bond acceptors (Lipinski definition) is 15. The first-order chi connectivity index (χ1) is 37.9. The topological polar surface area (TPSA) is 292 Å². The monoisotopic (exact) mass is 1210 g/mol. The molecule has 6 amide bonds. The molecule has 24 heteroatoms. The number of carboxylic acid groups (broad SMARTS) is 1. The fourth-order valence-corrected chi connectivity index (χ4v) is 15.0. The van der Waals surface area contributed by atoms with Crippen molar-refractivity contribution in [3.8, 4) is 0 Å². The number of sulfone groups is 2. The lowest BCUT2D eigenvalue weighted by Gasteiger charge is -2.41. The summed E-state index contributed by atoms with van der Waals surface area (Å²) in [6.45, 7) is 27.8. The number of carboxylic acids is 1. The van der Waals surface area contributed by atoms with E-state index in [9.17, 15) is 50.7 Å². The standard InChI is InChI=1S/C33H51N3O8S.C26H45N3O8S/c1-30(2,3)26(34-29(39)35-33(17-13-10-14-18-33)21-45(40,41)31(4,5)6)27(37)36-19-23-25(44-32(7,8)43-23)24(36)28(38)42-20-22-15-11-9-12-16-22;1-23(2,3)19(20(30)29-14-16-18(17(29)21(31)32)37-25(7,8)36-16)27-22(33)28-26(12-10-9-11-13-26)15-38(34,35)24(4,5)6/h9,11-12,15-16,23-26H,10,13-14,17-21H2,1-8H3,(H2,34,35,39);16-19H,9-15H2,1-8H3,(H,31,32)(H2,27,28,33)/t23-,24-,25-,26+;16-,17-,18-,19+/m00/s1. The van der Waals surface area contributed by atoms with Crippen molar-refractivity contribution in [1.29, 1.82) is 0 Å². The minimum atomic E-state index is -3.55. The number of hydrogen-bond donors (Lipinski definition) is 5. The van der Waals surface area contributed by atoms with Crippen molar-refractivity contribution in [3.05, 3.63) is 35.9 Å². The fourth-order valence-electron chi connectivity index (χ4n) is 12.0. The second-order valence-corrected chi connectivity index (χ2v) is 34.3. The first kappa shape index (κ1) is 67.5. The lowest BCUT2D eigenvalue weighted by Crippen LogP contribution is -2.63. The van der Waals surface area contributed by atoms with E-state index in [1.54, 1.807) is 90.0 Å². The largest absolute Gasteiger partial charge is 0.480 e. The van der Waals surface area contributed by atoms with Crippen molar-refractivity contribution in [1.82, 2.24) is 31.1 Å². The third-order valence-corrected chi connectivity index (χ3v) is 22.3. The summed E-state index contributed by atoms with van der Waals surface area (Å²) in [6, 6.07) is 3.53. The third-order valence-electron chi connectivity index (χ3n) is 16.7. The number of nitrogens with one attached hydrogen (secondary N) is 4. The highest BCUT2D eigenvalue weighted by atomic mass is 32.2. The number of carbonyl (C=O) groups excluding carboxylic acids is 5. The van der Waals surface area contributed by atoms with Gasteiger partial charge in [0, 0.05) is 0 Å². The predicted molar refractivity (Wildman–Crippen MR) is 311 cm³/mol. The Balaban J connectivity index is 0.000000271. The average molecular weight is 1210 g/mol. The number of aliphatic carboxylic acids is 1. The second kappa shape index (κ2) is 24.6.